The summed E-state index contributed by atoms with van der Waals surface area (Å²) in [5.41, 5.74) is 5.12. The van der Waals surface area contributed by atoms with Gasteiger partial charge in [-0.25, -0.2) is 13.1 Å². The molecule has 0 aliphatic carbocycles. The molecule has 0 heterocycles. The van der Waals surface area contributed by atoms with Crippen molar-refractivity contribution in [3.05, 3.63) is 22.7 Å². The molecule has 0 saturated heterocycles. The van der Waals surface area contributed by atoms with E-state index in [1.54, 1.807) is 6.07 Å². The molecule has 0 atom stereocenters. The summed E-state index contributed by atoms with van der Waals surface area (Å²) in [5, 5.41) is 0. The van der Waals surface area contributed by atoms with Crippen molar-refractivity contribution in [2.24, 2.45) is 5.73 Å². The second-order valence-electron chi connectivity index (χ2n) is 4.62. The molecule has 0 spiro atoms. The third-order valence-corrected chi connectivity index (χ3v) is 5.50. The molecular weight excluding hydrogens is 344 g/mol. The van der Waals surface area contributed by atoms with E-state index in [2.05, 4.69) is 20.7 Å². The highest BCUT2D eigenvalue weighted by Gasteiger charge is 2.31. The van der Waals surface area contributed by atoms with Crippen molar-refractivity contribution >= 4 is 26.0 Å². The molecule has 0 amide bonds. The van der Waals surface area contributed by atoms with Gasteiger partial charge in [0, 0.05) is 22.6 Å². The Bertz CT molecular complexity index is 548. The SMILES string of the molecule is CCC(CC)(CN)NS(=O)(=O)c1cc(Br)cc(OC)c1. The molecule has 0 saturated carbocycles. The number of nitrogens with two attached hydrogens (primary N) is 1. The summed E-state index contributed by atoms with van der Waals surface area (Å²) in [6.07, 6.45) is 1.26. The second-order valence-corrected chi connectivity index (χ2v) is 7.22. The van der Waals surface area contributed by atoms with E-state index in [9.17, 15) is 8.42 Å². The molecule has 0 aromatic heterocycles. The Labute approximate surface area is 129 Å². The molecule has 1 aromatic rings. The van der Waals surface area contributed by atoms with E-state index in [4.69, 9.17) is 10.5 Å². The molecule has 0 bridgehead atoms. The first-order valence-corrected chi connectivity index (χ1v) is 8.68. The zero-order valence-electron chi connectivity index (χ0n) is 11.9. The number of benzene rings is 1. The number of halogens is 1. The van der Waals surface area contributed by atoms with Crippen LogP contribution in [-0.2, 0) is 10.0 Å². The molecule has 0 aliphatic heterocycles. The van der Waals surface area contributed by atoms with E-state index in [1.165, 1.54) is 19.2 Å². The Morgan fingerprint density at radius 1 is 1.30 bits per heavy atom. The topological polar surface area (TPSA) is 81.4 Å². The van der Waals surface area contributed by atoms with E-state index in [0.717, 1.165) is 0 Å². The third-order valence-electron chi connectivity index (χ3n) is 3.49. The summed E-state index contributed by atoms with van der Waals surface area (Å²) in [6, 6.07) is 4.73. The van der Waals surface area contributed by atoms with Gasteiger partial charge in [0.25, 0.3) is 0 Å². The van der Waals surface area contributed by atoms with Gasteiger partial charge in [-0.2, -0.15) is 0 Å². The Morgan fingerprint density at radius 3 is 2.35 bits per heavy atom. The number of hydrogen-bond acceptors (Lipinski definition) is 4. The minimum atomic E-state index is -3.65. The van der Waals surface area contributed by atoms with Gasteiger partial charge in [-0.15, -0.1) is 0 Å². The molecule has 7 heteroatoms. The molecule has 114 valence electrons. The van der Waals surface area contributed by atoms with Gasteiger partial charge in [-0.05, 0) is 25.0 Å². The van der Waals surface area contributed by atoms with Crippen LogP contribution in [0.2, 0.25) is 0 Å². The van der Waals surface area contributed by atoms with Gasteiger partial charge in [0.05, 0.1) is 12.0 Å². The van der Waals surface area contributed by atoms with Gasteiger partial charge < -0.3 is 10.5 Å². The summed E-state index contributed by atoms with van der Waals surface area (Å²) >= 11 is 3.28. The minimum Gasteiger partial charge on any atom is -0.497 e. The average molecular weight is 365 g/mol. The van der Waals surface area contributed by atoms with E-state index in [-0.39, 0.29) is 11.4 Å². The maximum atomic E-state index is 12.5. The number of hydrogen-bond donors (Lipinski definition) is 2. The number of methoxy groups -OCH3 is 1. The van der Waals surface area contributed by atoms with Gasteiger partial charge in [0.1, 0.15) is 5.75 Å². The first-order chi connectivity index (χ1) is 9.32. The molecule has 20 heavy (non-hydrogen) atoms. The maximum Gasteiger partial charge on any atom is 0.241 e. The lowest BCUT2D eigenvalue weighted by Crippen LogP contribution is -2.52. The molecular formula is C13H21BrN2O3S. The smallest absolute Gasteiger partial charge is 0.241 e. The van der Waals surface area contributed by atoms with Crippen molar-refractivity contribution in [3.8, 4) is 5.75 Å². The summed E-state index contributed by atoms with van der Waals surface area (Å²) in [7, 11) is -2.16. The first kappa shape index (κ1) is 17.4. The van der Waals surface area contributed by atoms with E-state index in [1.807, 2.05) is 13.8 Å². The van der Waals surface area contributed by atoms with E-state index < -0.39 is 15.6 Å². The summed E-state index contributed by atoms with van der Waals surface area (Å²) in [4.78, 5) is 0.156. The molecule has 0 aliphatic rings. The Kier molecular flexibility index (Phi) is 6.00. The number of ether oxygens (including phenoxy) is 1. The van der Waals surface area contributed by atoms with Crippen molar-refractivity contribution in [1.29, 1.82) is 0 Å². The Balaban J connectivity index is 3.20. The zero-order valence-corrected chi connectivity index (χ0v) is 14.3. The second kappa shape index (κ2) is 6.89. The zero-order chi connectivity index (χ0) is 15.4. The molecule has 0 fully saturated rings. The van der Waals surface area contributed by atoms with Crippen LogP contribution < -0.4 is 15.2 Å². The minimum absolute atomic E-state index is 0.156. The molecule has 5 nitrogen and oxygen atoms in total. The van der Waals surface area contributed by atoms with Crippen LogP contribution in [-0.4, -0.2) is 27.6 Å². The molecule has 1 aromatic carbocycles. The van der Waals surface area contributed by atoms with Crippen LogP contribution in [0.1, 0.15) is 26.7 Å². The Morgan fingerprint density at radius 2 is 1.90 bits per heavy atom. The van der Waals surface area contributed by atoms with Gasteiger partial charge in [0.2, 0.25) is 10.0 Å². The normalized spacial score (nSPS) is 12.4. The van der Waals surface area contributed by atoms with Crippen molar-refractivity contribution in [2.75, 3.05) is 13.7 Å². The van der Waals surface area contributed by atoms with Crippen LogP contribution in [0.15, 0.2) is 27.6 Å². The van der Waals surface area contributed by atoms with Gasteiger partial charge >= 0.3 is 0 Å². The van der Waals surface area contributed by atoms with Crippen LogP contribution in [0.4, 0.5) is 0 Å². The summed E-state index contributed by atoms with van der Waals surface area (Å²) in [5.74, 6) is 0.478. The molecule has 3 N–H and O–H groups in total. The molecule has 0 radical (unpaired) electrons. The number of rotatable bonds is 7. The highest BCUT2D eigenvalue weighted by molar-refractivity contribution is 9.10. The third kappa shape index (κ3) is 3.94. The van der Waals surface area contributed by atoms with E-state index >= 15 is 0 Å². The monoisotopic (exact) mass is 364 g/mol. The quantitative estimate of drug-likeness (QED) is 0.777. The summed E-state index contributed by atoms with van der Waals surface area (Å²) < 4.78 is 33.5. The predicted molar refractivity (Wildman–Crippen MR) is 83.4 cm³/mol. The fourth-order valence-electron chi connectivity index (χ4n) is 1.88. The lowest BCUT2D eigenvalue weighted by atomic mass is 9.95. The van der Waals surface area contributed by atoms with Crippen molar-refractivity contribution in [2.45, 2.75) is 37.1 Å². The average Bonchev–Trinajstić information content (AvgIpc) is 2.44. The van der Waals surface area contributed by atoms with Crippen molar-refractivity contribution < 1.29 is 13.2 Å². The van der Waals surface area contributed by atoms with Crippen LogP contribution in [0.3, 0.4) is 0 Å². The van der Waals surface area contributed by atoms with Crippen molar-refractivity contribution in [3.63, 3.8) is 0 Å². The van der Waals surface area contributed by atoms with Gasteiger partial charge in [-0.1, -0.05) is 29.8 Å². The van der Waals surface area contributed by atoms with Crippen LogP contribution in [0, 0.1) is 0 Å². The highest BCUT2D eigenvalue weighted by Crippen LogP contribution is 2.26. The standard InChI is InChI=1S/C13H21BrN2O3S/c1-4-13(5-2,9-15)16-20(17,18)12-7-10(14)6-11(8-12)19-3/h6-8,16H,4-5,9,15H2,1-3H3. The van der Waals surface area contributed by atoms with Crippen LogP contribution in [0.25, 0.3) is 0 Å². The van der Waals surface area contributed by atoms with Crippen LogP contribution in [0.5, 0.6) is 5.75 Å². The fourth-order valence-corrected chi connectivity index (χ4v) is 4.12. The Hall–Kier alpha value is -0.630. The number of sulfonamides is 1. The lowest BCUT2D eigenvalue weighted by Gasteiger charge is -2.31. The molecule has 0 unspecified atom stereocenters. The first-order valence-electron chi connectivity index (χ1n) is 6.41. The lowest BCUT2D eigenvalue weighted by molar-refractivity contribution is 0.363. The largest absolute Gasteiger partial charge is 0.497 e. The van der Waals surface area contributed by atoms with Gasteiger partial charge in [-0.3, -0.25) is 0 Å². The predicted octanol–water partition coefficient (Wildman–Crippen LogP) is 2.25. The van der Waals surface area contributed by atoms with E-state index in [0.29, 0.717) is 23.1 Å². The number of nitrogens with one attached hydrogen (secondary N) is 1. The fraction of sp³-hybridized carbons (Fsp3) is 0.538. The van der Waals surface area contributed by atoms with Crippen molar-refractivity contribution in [1.82, 2.24) is 4.72 Å². The maximum absolute atomic E-state index is 12.5. The highest BCUT2D eigenvalue weighted by atomic mass is 79.9. The molecule has 1 rings (SSSR count). The summed E-state index contributed by atoms with van der Waals surface area (Å²) in [6.45, 7) is 4.09. The van der Waals surface area contributed by atoms with Crippen LogP contribution >= 0.6 is 15.9 Å². The van der Waals surface area contributed by atoms with Gasteiger partial charge in [0.15, 0.2) is 0 Å².